The van der Waals surface area contributed by atoms with Crippen LogP contribution < -0.4 is 5.32 Å². The minimum Gasteiger partial charge on any atom is -0.320 e. The van der Waals surface area contributed by atoms with Crippen LogP contribution in [0.25, 0.3) is 10.9 Å². The van der Waals surface area contributed by atoms with Gasteiger partial charge in [0.2, 0.25) is 10.0 Å². The van der Waals surface area contributed by atoms with Crippen molar-refractivity contribution in [1.29, 1.82) is 0 Å². The minimum absolute atomic E-state index is 0.0267. The van der Waals surface area contributed by atoms with Crippen LogP contribution >= 0.6 is 23.2 Å². The van der Waals surface area contributed by atoms with Gasteiger partial charge in [-0.1, -0.05) is 23.2 Å². The third-order valence-electron chi connectivity index (χ3n) is 3.93. The van der Waals surface area contributed by atoms with Crippen LogP contribution in [0.3, 0.4) is 0 Å². The van der Waals surface area contributed by atoms with Gasteiger partial charge in [0.15, 0.2) is 0 Å². The number of carbonyl (C=O) groups excluding carboxylic acids is 1. The van der Waals surface area contributed by atoms with Crippen LogP contribution in [0.1, 0.15) is 10.4 Å². The molecule has 6 nitrogen and oxygen atoms in total. The fraction of sp³-hybridized carbons (Fsp3) is 0.111. The van der Waals surface area contributed by atoms with Gasteiger partial charge < -0.3 is 5.32 Å². The normalized spacial score (nSPS) is 11.7. The van der Waals surface area contributed by atoms with Crippen molar-refractivity contribution in [1.82, 2.24) is 9.29 Å². The van der Waals surface area contributed by atoms with Crippen molar-refractivity contribution >= 4 is 55.7 Å². The Labute approximate surface area is 166 Å². The van der Waals surface area contributed by atoms with E-state index in [2.05, 4.69) is 10.3 Å². The van der Waals surface area contributed by atoms with Gasteiger partial charge in [-0.25, -0.2) is 12.7 Å². The van der Waals surface area contributed by atoms with Crippen molar-refractivity contribution < 1.29 is 13.2 Å². The molecule has 0 bridgehead atoms. The smallest absolute Gasteiger partial charge is 0.257 e. The zero-order valence-corrected chi connectivity index (χ0v) is 16.7. The van der Waals surface area contributed by atoms with Crippen LogP contribution in [-0.2, 0) is 10.0 Å². The van der Waals surface area contributed by atoms with Crippen LogP contribution in [0, 0.1) is 0 Å². The number of nitrogens with zero attached hydrogens (tertiary/aromatic N) is 2. The number of benzene rings is 2. The van der Waals surface area contributed by atoms with Crippen LogP contribution in [0.5, 0.6) is 0 Å². The van der Waals surface area contributed by atoms with E-state index in [-0.39, 0.29) is 15.5 Å². The van der Waals surface area contributed by atoms with Gasteiger partial charge in [0, 0.05) is 25.7 Å². The van der Waals surface area contributed by atoms with E-state index >= 15 is 0 Å². The number of amides is 1. The van der Waals surface area contributed by atoms with E-state index in [0.717, 1.165) is 4.31 Å². The van der Waals surface area contributed by atoms with Crippen molar-refractivity contribution in [3.63, 3.8) is 0 Å². The van der Waals surface area contributed by atoms with Gasteiger partial charge in [-0.05, 0) is 42.5 Å². The number of pyridine rings is 1. The summed E-state index contributed by atoms with van der Waals surface area (Å²) < 4.78 is 25.7. The van der Waals surface area contributed by atoms with Gasteiger partial charge in [0.1, 0.15) is 0 Å². The molecule has 0 unspecified atom stereocenters. The number of sulfonamides is 1. The second kappa shape index (κ2) is 7.44. The number of aromatic nitrogens is 1. The van der Waals surface area contributed by atoms with E-state index in [0.29, 0.717) is 21.6 Å². The Hall–Kier alpha value is -2.19. The second-order valence-electron chi connectivity index (χ2n) is 5.88. The first kappa shape index (κ1) is 19.6. The molecule has 0 spiro atoms. The van der Waals surface area contributed by atoms with E-state index in [1.54, 1.807) is 30.5 Å². The van der Waals surface area contributed by atoms with Gasteiger partial charge in [0.05, 0.1) is 31.7 Å². The first-order valence-electron chi connectivity index (χ1n) is 7.78. The molecule has 1 heterocycles. The Kier molecular flexibility index (Phi) is 5.39. The number of rotatable bonds is 4. The molecular formula is C18H15Cl2N3O3S. The Balaban J connectivity index is 2.02. The predicted molar refractivity (Wildman–Crippen MR) is 107 cm³/mol. The van der Waals surface area contributed by atoms with Gasteiger partial charge >= 0.3 is 0 Å². The van der Waals surface area contributed by atoms with E-state index < -0.39 is 15.9 Å². The largest absolute Gasteiger partial charge is 0.320 e. The highest BCUT2D eigenvalue weighted by atomic mass is 35.5. The molecule has 0 aliphatic carbocycles. The van der Waals surface area contributed by atoms with Crippen LogP contribution in [0.2, 0.25) is 10.0 Å². The van der Waals surface area contributed by atoms with Gasteiger partial charge in [-0.15, -0.1) is 0 Å². The average molecular weight is 424 g/mol. The van der Waals surface area contributed by atoms with Gasteiger partial charge in [-0.2, -0.15) is 0 Å². The summed E-state index contributed by atoms with van der Waals surface area (Å²) in [5.41, 5.74) is 1.00. The molecule has 1 amide bonds. The number of hydrogen-bond donors (Lipinski definition) is 1. The highest BCUT2D eigenvalue weighted by molar-refractivity contribution is 7.89. The molecule has 0 fully saturated rings. The number of hydrogen-bond acceptors (Lipinski definition) is 4. The SMILES string of the molecule is CN(C)S(=O)(=O)c1ccc(Cl)c(C(=O)Nc2ccc(Cl)c3cccnc23)c1. The lowest BCUT2D eigenvalue weighted by atomic mass is 10.1. The van der Waals surface area contributed by atoms with Gasteiger partial charge in [-0.3, -0.25) is 9.78 Å². The monoisotopic (exact) mass is 423 g/mol. The van der Waals surface area contributed by atoms with Crippen LogP contribution in [0.4, 0.5) is 5.69 Å². The Morgan fingerprint density at radius 1 is 1.07 bits per heavy atom. The van der Waals surface area contributed by atoms with Crippen molar-refractivity contribution in [2.75, 3.05) is 19.4 Å². The van der Waals surface area contributed by atoms with E-state index in [4.69, 9.17) is 23.2 Å². The zero-order valence-electron chi connectivity index (χ0n) is 14.4. The highest BCUT2D eigenvalue weighted by Gasteiger charge is 2.21. The van der Waals surface area contributed by atoms with Gasteiger partial charge in [0.25, 0.3) is 5.91 Å². The molecule has 27 heavy (non-hydrogen) atoms. The maximum atomic E-state index is 12.7. The van der Waals surface area contributed by atoms with E-state index in [1.807, 2.05) is 0 Å². The summed E-state index contributed by atoms with van der Waals surface area (Å²) in [6.07, 6.45) is 1.59. The number of fused-ring (bicyclic) bond motifs is 1. The lowest BCUT2D eigenvalue weighted by Gasteiger charge is -2.14. The Morgan fingerprint density at radius 2 is 1.78 bits per heavy atom. The molecule has 0 saturated carbocycles. The summed E-state index contributed by atoms with van der Waals surface area (Å²) in [4.78, 5) is 17.0. The van der Waals surface area contributed by atoms with Crippen molar-refractivity contribution in [3.8, 4) is 0 Å². The first-order chi connectivity index (χ1) is 12.7. The third-order valence-corrected chi connectivity index (χ3v) is 6.40. The number of carbonyl (C=O) groups is 1. The molecular weight excluding hydrogens is 409 g/mol. The number of nitrogens with one attached hydrogen (secondary N) is 1. The van der Waals surface area contributed by atoms with E-state index in [9.17, 15) is 13.2 Å². The first-order valence-corrected chi connectivity index (χ1v) is 9.98. The zero-order chi connectivity index (χ0) is 19.8. The quantitative estimate of drug-likeness (QED) is 0.686. The molecule has 0 radical (unpaired) electrons. The third kappa shape index (κ3) is 3.77. The maximum absolute atomic E-state index is 12.7. The summed E-state index contributed by atoms with van der Waals surface area (Å²) in [5, 5.41) is 4.05. The van der Waals surface area contributed by atoms with Crippen molar-refractivity contribution in [2.24, 2.45) is 0 Å². The minimum atomic E-state index is -3.70. The Morgan fingerprint density at radius 3 is 2.48 bits per heavy atom. The summed E-state index contributed by atoms with van der Waals surface area (Å²) in [6, 6.07) is 10.8. The summed E-state index contributed by atoms with van der Waals surface area (Å²) in [6.45, 7) is 0. The summed E-state index contributed by atoms with van der Waals surface area (Å²) in [5.74, 6) is -0.551. The maximum Gasteiger partial charge on any atom is 0.257 e. The molecule has 0 atom stereocenters. The molecule has 140 valence electrons. The standard InChI is InChI=1S/C18H15Cl2N3O3S/c1-23(2)27(25,26)11-5-6-15(20)13(10-11)18(24)22-16-8-7-14(19)12-4-3-9-21-17(12)16/h3-10H,1-2H3,(H,22,24). The fourth-order valence-corrected chi connectivity index (χ4v) is 3.83. The molecule has 0 aliphatic rings. The lowest BCUT2D eigenvalue weighted by molar-refractivity contribution is 0.102. The van der Waals surface area contributed by atoms with Crippen molar-refractivity contribution in [2.45, 2.75) is 4.90 Å². The van der Waals surface area contributed by atoms with Crippen LogP contribution in [0.15, 0.2) is 53.6 Å². The number of anilines is 1. The molecule has 1 aromatic heterocycles. The van der Waals surface area contributed by atoms with Crippen molar-refractivity contribution in [3.05, 3.63) is 64.3 Å². The molecule has 0 aliphatic heterocycles. The van der Waals surface area contributed by atoms with Crippen LogP contribution in [-0.4, -0.2) is 37.7 Å². The molecule has 2 aromatic carbocycles. The fourth-order valence-electron chi connectivity index (χ4n) is 2.48. The Bertz CT molecular complexity index is 1150. The number of halogens is 2. The van der Waals surface area contributed by atoms with E-state index in [1.165, 1.54) is 32.3 Å². The second-order valence-corrected chi connectivity index (χ2v) is 8.84. The average Bonchev–Trinajstić information content (AvgIpc) is 2.64. The highest BCUT2D eigenvalue weighted by Crippen LogP contribution is 2.29. The summed E-state index contributed by atoms with van der Waals surface area (Å²) >= 11 is 12.3. The molecule has 0 saturated heterocycles. The molecule has 9 heteroatoms. The topological polar surface area (TPSA) is 79.4 Å². The summed E-state index contributed by atoms with van der Waals surface area (Å²) in [7, 11) is -0.874. The lowest BCUT2D eigenvalue weighted by Crippen LogP contribution is -2.23. The molecule has 1 N–H and O–H groups in total. The molecule has 3 aromatic rings. The predicted octanol–water partition coefficient (Wildman–Crippen LogP) is 4.04. The molecule has 3 rings (SSSR count).